The van der Waals surface area contributed by atoms with Crippen LogP contribution >= 0.6 is 11.8 Å². The first-order valence-electron chi connectivity index (χ1n) is 5.74. The number of piperidine rings is 1. The summed E-state index contributed by atoms with van der Waals surface area (Å²) < 4.78 is 0. The van der Waals surface area contributed by atoms with Crippen LogP contribution in [0.5, 0.6) is 0 Å². The maximum absolute atomic E-state index is 11.2. The van der Waals surface area contributed by atoms with Gasteiger partial charge in [0.05, 0.1) is 0 Å². The van der Waals surface area contributed by atoms with E-state index in [0.717, 1.165) is 25.1 Å². The molecule has 1 fully saturated rings. The molecule has 1 unspecified atom stereocenters. The molecule has 0 saturated carbocycles. The third kappa shape index (κ3) is 3.68. The molecule has 1 aliphatic rings. The maximum Gasteiger partial charge on any atom is 0.186 e. The van der Waals surface area contributed by atoms with Crippen molar-refractivity contribution in [2.45, 2.75) is 18.6 Å². The molecule has 0 bridgehead atoms. The Bertz CT molecular complexity index is 417. The van der Waals surface area contributed by atoms with Crippen LogP contribution in [0.15, 0.2) is 30.1 Å². The normalized spacial score (nSPS) is 22.6. The number of carbonyl (C=O) groups excluding carboxylic acids is 1. The van der Waals surface area contributed by atoms with Crippen LogP contribution in [-0.4, -0.2) is 28.4 Å². The van der Waals surface area contributed by atoms with E-state index in [1.807, 2.05) is 18.3 Å². The zero-order valence-corrected chi connectivity index (χ0v) is 10.7. The van der Waals surface area contributed by atoms with Crippen molar-refractivity contribution < 1.29 is 4.79 Å². The molecule has 0 spiro atoms. The first-order chi connectivity index (χ1) is 8.25. The summed E-state index contributed by atoms with van der Waals surface area (Å²) in [5.41, 5.74) is 2.38. The van der Waals surface area contributed by atoms with Gasteiger partial charge in [-0.25, -0.2) is 0 Å². The Morgan fingerprint density at radius 1 is 1.65 bits per heavy atom. The first kappa shape index (κ1) is 12.3. The lowest BCUT2D eigenvalue weighted by Gasteiger charge is -2.24. The van der Waals surface area contributed by atoms with Crippen molar-refractivity contribution in [1.82, 2.24) is 10.3 Å². The van der Waals surface area contributed by atoms with E-state index in [1.165, 1.54) is 17.3 Å². The summed E-state index contributed by atoms with van der Waals surface area (Å²) >= 11 is 1.44. The summed E-state index contributed by atoms with van der Waals surface area (Å²) in [5, 5.41) is 3.85. The molecule has 4 heteroatoms. The summed E-state index contributed by atoms with van der Waals surface area (Å²) in [6, 6.07) is 3.96. The van der Waals surface area contributed by atoms with Gasteiger partial charge in [0.1, 0.15) is 0 Å². The fraction of sp³-hybridized carbons (Fsp3) is 0.385. The number of carbonyl (C=O) groups is 1. The molecule has 0 aliphatic carbocycles. The van der Waals surface area contributed by atoms with E-state index in [4.69, 9.17) is 0 Å². The van der Waals surface area contributed by atoms with E-state index < -0.39 is 0 Å². The van der Waals surface area contributed by atoms with Gasteiger partial charge in [0.15, 0.2) is 5.12 Å². The quantitative estimate of drug-likeness (QED) is 0.870. The minimum atomic E-state index is 0.189. The Hall–Kier alpha value is -1.13. The molecule has 3 nitrogen and oxygen atoms in total. The first-order valence-corrected chi connectivity index (χ1v) is 6.62. The van der Waals surface area contributed by atoms with Crippen molar-refractivity contribution in [2.24, 2.45) is 0 Å². The maximum atomic E-state index is 11.2. The Balaban J connectivity index is 2.16. The molecule has 1 aliphatic heterocycles. The predicted molar refractivity (Wildman–Crippen MR) is 71.8 cm³/mol. The van der Waals surface area contributed by atoms with Crippen molar-refractivity contribution >= 4 is 23.0 Å². The highest BCUT2D eigenvalue weighted by molar-refractivity contribution is 8.14. The van der Waals surface area contributed by atoms with Crippen LogP contribution in [-0.2, 0) is 4.79 Å². The molecule has 1 aromatic heterocycles. The number of nitrogens with zero attached hydrogens (tertiary/aromatic N) is 1. The highest BCUT2D eigenvalue weighted by atomic mass is 32.2. The van der Waals surface area contributed by atoms with E-state index in [9.17, 15) is 4.79 Å². The third-order valence-corrected chi connectivity index (χ3v) is 3.83. The summed E-state index contributed by atoms with van der Waals surface area (Å²) in [7, 11) is 0. The van der Waals surface area contributed by atoms with Crippen LogP contribution in [0, 0.1) is 0 Å². The minimum absolute atomic E-state index is 0.189. The predicted octanol–water partition coefficient (Wildman–Crippen LogP) is 2.11. The van der Waals surface area contributed by atoms with Gasteiger partial charge in [0.25, 0.3) is 0 Å². The molecule has 0 radical (unpaired) electrons. The number of thioether (sulfide) groups is 1. The second-order valence-corrected chi connectivity index (χ2v) is 5.45. The van der Waals surface area contributed by atoms with Crippen LogP contribution in [0.2, 0.25) is 0 Å². The van der Waals surface area contributed by atoms with Gasteiger partial charge in [-0.3, -0.25) is 9.78 Å². The van der Waals surface area contributed by atoms with Gasteiger partial charge in [-0.2, -0.15) is 0 Å². The van der Waals surface area contributed by atoms with Crippen LogP contribution in [0.25, 0.3) is 6.08 Å². The monoisotopic (exact) mass is 248 g/mol. The van der Waals surface area contributed by atoms with Crippen LogP contribution in [0.3, 0.4) is 0 Å². The molecular formula is C13H16N2OS. The highest BCUT2D eigenvalue weighted by Crippen LogP contribution is 2.26. The van der Waals surface area contributed by atoms with Crippen LogP contribution in [0.1, 0.15) is 18.9 Å². The Labute approximate surface area is 106 Å². The fourth-order valence-corrected chi connectivity index (χ4v) is 2.86. The zero-order chi connectivity index (χ0) is 12.1. The molecule has 1 N–H and O–H groups in total. The Morgan fingerprint density at radius 3 is 3.24 bits per heavy atom. The summed E-state index contributed by atoms with van der Waals surface area (Å²) in [5.74, 6) is 0. The molecule has 17 heavy (non-hydrogen) atoms. The van der Waals surface area contributed by atoms with Gasteiger partial charge >= 0.3 is 0 Å². The fourth-order valence-electron chi connectivity index (χ4n) is 1.92. The van der Waals surface area contributed by atoms with Crippen molar-refractivity contribution in [2.75, 3.05) is 13.1 Å². The van der Waals surface area contributed by atoms with Crippen LogP contribution < -0.4 is 5.32 Å². The molecule has 90 valence electrons. The number of pyridine rings is 1. The van der Waals surface area contributed by atoms with Crippen molar-refractivity contribution in [3.63, 3.8) is 0 Å². The van der Waals surface area contributed by atoms with Gasteiger partial charge in [-0.05, 0) is 30.2 Å². The number of hydrogen-bond acceptors (Lipinski definition) is 4. The SMILES string of the molecule is CC(=O)SC1CCNC/C1=C\c1cccnc1. The van der Waals surface area contributed by atoms with Gasteiger partial charge in [0.2, 0.25) is 0 Å². The number of rotatable bonds is 2. The van der Waals surface area contributed by atoms with Gasteiger partial charge in [0, 0.05) is 31.1 Å². The lowest BCUT2D eigenvalue weighted by molar-refractivity contribution is -0.109. The van der Waals surface area contributed by atoms with E-state index in [2.05, 4.69) is 16.4 Å². The largest absolute Gasteiger partial charge is 0.313 e. The number of aromatic nitrogens is 1. The third-order valence-electron chi connectivity index (χ3n) is 2.67. The summed E-state index contributed by atoms with van der Waals surface area (Å²) in [6.07, 6.45) is 6.76. The standard InChI is InChI=1S/C13H16N2OS/c1-10(16)17-13-4-6-15-9-12(13)7-11-3-2-5-14-8-11/h2-3,5,7-8,13,15H,4,6,9H2,1H3/b12-7+. The topological polar surface area (TPSA) is 42.0 Å². The molecular weight excluding hydrogens is 232 g/mol. The number of hydrogen-bond donors (Lipinski definition) is 1. The van der Waals surface area contributed by atoms with E-state index >= 15 is 0 Å². The highest BCUT2D eigenvalue weighted by Gasteiger charge is 2.20. The van der Waals surface area contributed by atoms with E-state index in [0.29, 0.717) is 5.25 Å². The van der Waals surface area contributed by atoms with Crippen LogP contribution in [0.4, 0.5) is 0 Å². The smallest absolute Gasteiger partial charge is 0.186 e. The average molecular weight is 248 g/mol. The minimum Gasteiger partial charge on any atom is -0.313 e. The molecule has 1 atom stereocenters. The van der Waals surface area contributed by atoms with Crippen molar-refractivity contribution in [3.8, 4) is 0 Å². The zero-order valence-electron chi connectivity index (χ0n) is 9.85. The van der Waals surface area contributed by atoms with Gasteiger partial charge < -0.3 is 5.32 Å². The molecule has 2 rings (SSSR count). The average Bonchev–Trinajstić information content (AvgIpc) is 2.32. The molecule has 1 aromatic rings. The molecule has 0 amide bonds. The summed E-state index contributed by atoms with van der Waals surface area (Å²) in [4.78, 5) is 15.3. The summed E-state index contributed by atoms with van der Waals surface area (Å²) in [6.45, 7) is 3.48. The van der Waals surface area contributed by atoms with E-state index in [-0.39, 0.29) is 5.12 Å². The van der Waals surface area contributed by atoms with Gasteiger partial charge in [-0.15, -0.1) is 0 Å². The second-order valence-electron chi connectivity index (χ2n) is 4.07. The lowest BCUT2D eigenvalue weighted by Crippen LogP contribution is -2.32. The van der Waals surface area contributed by atoms with Crippen molar-refractivity contribution in [3.05, 3.63) is 35.7 Å². The molecule has 0 aromatic carbocycles. The Morgan fingerprint density at radius 2 is 2.53 bits per heavy atom. The number of nitrogens with one attached hydrogen (secondary N) is 1. The van der Waals surface area contributed by atoms with Gasteiger partial charge in [-0.1, -0.05) is 23.9 Å². The van der Waals surface area contributed by atoms with Crippen molar-refractivity contribution in [1.29, 1.82) is 0 Å². The second kappa shape index (κ2) is 5.98. The lowest BCUT2D eigenvalue weighted by atomic mass is 10.0. The molecule has 1 saturated heterocycles. The van der Waals surface area contributed by atoms with E-state index in [1.54, 1.807) is 13.1 Å². The Kier molecular flexibility index (Phi) is 4.34. The molecule has 2 heterocycles.